The number of nitrogens with zero attached hydrogens (tertiary/aromatic N) is 1. The molecule has 0 aromatic heterocycles. The van der Waals surface area contributed by atoms with Gasteiger partial charge in [-0.3, -0.25) is 0 Å². The summed E-state index contributed by atoms with van der Waals surface area (Å²) < 4.78 is 13.6. The third-order valence-corrected chi connectivity index (χ3v) is 10.0. The van der Waals surface area contributed by atoms with Gasteiger partial charge in [-0.05, 0) is 43.9 Å². The van der Waals surface area contributed by atoms with Crippen LogP contribution >= 0.6 is 0 Å². The molecule has 1 aliphatic rings. The molecule has 0 amide bonds. The average Bonchev–Trinajstić information content (AvgIpc) is 2.60. The van der Waals surface area contributed by atoms with Crippen LogP contribution in [0.4, 0.5) is 0 Å². The molecule has 5 heteroatoms. The van der Waals surface area contributed by atoms with E-state index >= 15 is 0 Å². The monoisotopic (exact) mass is 275 g/mol. The van der Waals surface area contributed by atoms with Crippen LogP contribution in [-0.4, -0.2) is 49.4 Å². The van der Waals surface area contributed by atoms with Crippen molar-refractivity contribution in [3.63, 3.8) is 0 Å². The summed E-state index contributed by atoms with van der Waals surface area (Å²) in [5.41, 5.74) is 0.623. The Balaban J connectivity index is 2.23. The Labute approximate surface area is 109 Å². The van der Waals surface area contributed by atoms with Crippen LogP contribution in [0.1, 0.15) is 26.2 Å². The van der Waals surface area contributed by atoms with Crippen molar-refractivity contribution in [1.82, 2.24) is 4.57 Å². The van der Waals surface area contributed by atoms with Crippen LogP contribution in [0.5, 0.6) is 0 Å². The Hall–Kier alpha value is 0.314. The first-order valence-corrected chi connectivity index (χ1v) is 11.6. The van der Waals surface area contributed by atoms with Crippen LogP contribution < -0.4 is 0 Å². The summed E-state index contributed by atoms with van der Waals surface area (Å²) in [6.45, 7) is 9.91. The average molecular weight is 276 g/mol. The highest BCUT2D eigenvalue weighted by atomic mass is 28.3. The first kappa shape index (κ1) is 15.4. The maximum absolute atomic E-state index is 5.44. The summed E-state index contributed by atoms with van der Waals surface area (Å²) in [5.74, 6) is 0. The van der Waals surface area contributed by atoms with Crippen molar-refractivity contribution in [3.8, 4) is 0 Å². The molecule has 0 spiro atoms. The minimum atomic E-state index is -1.39. The van der Waals surface area contributed by atoms with Crippen molar-refractivity contribution in [2.24, 2.45) is 0 Å². The zero-order valence-corrected chi connectivity index (χ0v) is 14.3. The van der Waals surface area contributed by atoms with Gasteiger partial charge in [-0.25, -0.2) is 0 Å². The van der Waals surface area contributed by atoms with E-state index in [1.54, 1.807) is 14.2 Å². The van der Waals surface area contributed by atoms with Crippen molar-refractivity contribution < 1.29 is 8.85 Å². The SMILES string of the molecule is CO[SiH](OC)C(C)CCCN1CCC[Si]1(C)C. The Morgan fingerprint density at radius 1 is 1.29 bits per heavy atom. The fraction of sp³-hybridized carbons (Fsp3) is 1.00. The first-order valence-electron chi connectivity index (χ1n) is 6.82. The molecular weight excluding hydrogens is 246 g/mol. The summed E-state index contributed by atoms with van der Waals surface area (Å²) in [6.07, 6.45) is 3.97. The zero-order chi connectivity index (χ0) is 12.9. The predicted molar refractivity (Wildman–Crippen MR) is 78.3 cm³/mol. The summed E-state index contributed by atoms with van der Waals surface area (Å²) in [7, 11) is 1.18. The van der Waals surface area contributed by atoms with Gasteiger partial charge in [-0.1, -0.05) is 20.0 Å². The molecule has 0 bridgehead atoms. The van der Waals surface area contributed by atoms with E-state index in [0.29, 0.717) is 5.54 Å². The number of rotatable bonds is 7. The largest absolute Gasteiger partial charge is 0.400 e. The van der Waals surface area contributed by atoms with Gasteiger partial charge in [0.05, 0.1) is 0 Å². The van der Waals surface area contributed by atoms with E-state index in [1.807, 2.05) is 0 Å². The van der Waals surface area contributed by atoms with Gasteiger partial charge in [0, 0.05) is 14.2 Å². The fourth-order valence-corrected chi connectivity index (χ4v) is 7.37. The van der Waals surface area contributed by atoms with Gasteiger partial charge in [0.15, 0.2) is 0 Å². The molecule has 1 rings (SSSR count). The third kappa shape index (κ3) is 4.48. The van der Waals surface area contributed by atoms with E-state index in [9.17, 15) is 0 Å². The highest BCUT2D eigenvalue weighted by Gasteiger charge is 2.33. The van der Waals surface area contributed by atoms with Crippen molar-refractivity contribution in [3.05, 3.63) is 0 Å². The fourth-order valence-electron chi connectivity index (χ4n) is 2.88. The molecule has 3 nitrogen and oxygen atoms in total. The van der Waals surface area contributed by atoms with Gasteiger partial charge < -0.3 is 13.4 Å². The lowest BCUT2D eigenvalue weighted by Crippen LogP contribution is -2.43. The van der Waals surface area contributed by atoms with E-state index in [4.69, 9.17) is 8.85 Å². The summed E-state index contributed by atoms with van der Waals surface area (Å²) in [6, 6.07) is 1.48. The van der Waals surface area contributed by atoms with Crippen molar-refractivity contribution >= 4 is 17.5 Å². The van der Waals surface area contributed by atoms with E-state index < -0.39 is 17.5 Å². The molecule has 1 fully saturated rings. The summed E-state index contributed by atoms with van der Waals surface area (Å²) in [5, 5.41) is 0. The van der Waals surface area contributed by atoms with E-state index in [0.717, 1.165) is 0 Å². The van der Waals surface area contributed by atoms with Gasteiger partial charge in [-0.2, -0.15) is 0 Å². The van der Waals surface area contributed by atoms with E-state index in [2.05, 4.69) is 24.6 Å². The molecule has 102 valence electrons. The van der Waals surface area contributed by atoms with Crippen molar-refractivity contribution in [2.45, 2.75) is 50.9 Å². The van der Waals surface area contributed by atoms with Gasteiger partial charge in [-0.15, -0.1) is 0 Å². The Morgan fingerprint density at radius 3 is 2.41 bits per heavy atom. The van der Waals surface area contributed by atoms with E-state index in [-0.39, 0.29) is 0 Å². The van der Waals surface area contributed by atoms with Crippen LogP contribution in [0.25, 0.3) is 0 Å². The Bertz CT molecular complexity index is 223. The quantitative estimate of drug-likeness (QED) is 0.667. The third-order valence-electron chi connectivity index (χ3n) is 4.09. The van der Waals surface area contributed by atoms with Gasteiger partial charge in [0.2, 0.25) is 0 Å². The highest BCUT2D eigenvalue weighted by molar-refractivity contribution is 6.75. The Kier molecular flexibility index (Phi) is 6.36. The topological polar surface area (TPSA) is 21.7 Å². The van der Waals surface area contributed by atoms with Crippen LogP contribution in [0, 0.1) is 0 Å². The molecule has 0 aliphatic carbocycles. The lowest BCUT2D eigenvalue weighted by molar-refractivity contribution is 0.263. The molecule has 1 saturated heterocycles. The number of hydrogen-bond acceptors (Lipinski definition) is 3. The molecule has 1 heterocycles. The van der Waals surface area contributed by atoms with Gasteiger partial charge in [0.25, 0.3) is 0 Å². The standard InChI is InChI=1S/C12H29NO2Si2/c1-12(16(14-2)15-3)8-6-9-13-10-7-11-17(13,4)5/h12,16H,6-11H2,1-5H3. The molecule has 1 unspecified atom stereocenters. The minimum absolute atomic E-state index is 0.623. The Morgan fingerprint density at radius 2 is 1.94 bits per heavy atom. The molecule has 0 N–H and O–H groups in total. The minimum Gasteiger partial charge on any atom is -0.400 e. The predicted octanol–water partition coefficient (Wildman–Crippen LogP) is 2.58. The van der Waals surface area contributed by atoms with Crippen LogP contribution in [-0.2, 0) is 8.85 Å². The molecule has 0 aromatic carbocycles. The van der Waals surface area contributed by atoms with Crippen molar-refractivity contribution in [1.29, 1.82) is 0 Å². The van der Waals surface area contributed by atoms with Crippen molar-refractivity contribution in [2.75, 3.05) is 27.3 Å². The second kappa shape index (κ2) is 7.04. The maximum Gasteiger partial charge on any atom is 0.323 e. The second-order valence-corrected chi connectivity index (χ2v) is 13.4. The molecule has 0 aromatic rings. The molecule has 17 heavy (non-hydrogen) atoms. The normalized spacial score (nSPS) is 22.2. The maximum atomic E-state index is 5.44. The van der Waals surface area contributed by atoms with E-state index in [1.165, 1.54) is 38.4 Å². The lowest BCUT2D eigenvalue weighted by Gasteiger charge is -2.30. The molecule has 1 aliphatic heterocycles. The molecule has 0 saturated carbocycles. The second-order valence-electron chi connectivity index (χ2n) is 5.86. The highest BCUT2D eigenvalue weighted by Crippen LogP contribution is 2.26. The van der Waals surface area contributed by atoms with Crippen LogP contribution in [0.2, 0.25) is 24.7 Å². The van der Waals surface area contributed by atoms with Gasteiger partial charge >= 0.3 is 9.28 Å². The lowest BCUT2D eigenvalue weighted by atomic mass is 10.2. The molecular formula is C12H29NO2Si2. The van der Waals surface area contributed by atoms with Crippen LogP contribution in [0.3, 0.4) is 0 Å². The smallest absolute Gasteiger partial charge is 0.323 e. The summed E-state index contributed by atoms with van der Waals surface area (Å²) >= 11 is 0. The first-order chi connectivity index (χ1) is 8.01. The van der Waals surface area contributed by atoms with Crippen LogP contribution in [0.15, 0.2) is 0 Å². The number of hydrogen-bond donors (Lipinski definition) is 0. The zero-order valence-electron chi connectivity index (χ0n) is 12.2. The molecule has 0 radical (unpaired) electrons. The van der Waals surface area contributed by atoms with Gasteiger partial charge in [0.1, 0.15) is 8.24 Å². The summed E-state index contributed by atoms with van der Waals surface area (Å²) in [4.78, 5) is 0. The molecule has 1 atom stereocenters.